The van der Waals surface area contributed by atoms with Crippen LogP contribution in [-0.4, -0.2) is 47.1 Å². The van der Waals surface area contributed by atoms with Gasteiger partial charge in [-0.15, -0.1) is 0 Å². The summed E-state index contributed by atoms with van der Waals surface area (Å²) < 4.78 is 11.0. The van der Waals surface area contributed by atoms with E-state index in [9.17, 15) is 4.79 Å². The predicted molar refractivity (Wildman–Crippen MR) is 130 cm³/mol. The molecule has 1 amide bonds. The van der Waals surface area contributed by atoms with Gasteiger partial charge in [-0.1, -0.05) is 34.1 Å². The minimum atomic E-state index is -0.137. The number of ether oxygens (including phenoxy) is 1. The molecule has 0 aromatic carbocycles. The molecule has 2 aromatic heterocycles. The van der Waals surface area contributed by atoms with Gasteiger partial charge in [-0.05, 0) is 43.0 Å². The van der Waals surface area contributed by atoms with Crippen molar-refractivity contribution in [2.75, 3.05) is 24.5 Å². The molecule has 7 heteroatoms. The lowest BCUT2D eigenvalue weighted by molar-refractivity contribution is -0.0402. The molecule has 0 spiro atoms. The molecule has 7 nitrogen and oxygen atoms in total. The van der Waals surface area contributed by atoms with Crippen LogP contribution in [0.15, 0.2) is 35.3 Å². The first-order valence-electron chi connectivity index (χ1n) is 11.7. The van der Waals surface area contributed by atoms with Crippen molar-refractivity contribution in [2.24, 2.45) is 5.92 Å². The maximum absolute atomic E-state index is 12.9. The maximum atomic E-state index is 12.9. The molecule has 0 radical (unpaired) electrons. The average molecular weight is 455 g/mol. The van der Waals surface area contributed by atoms with Gasteiger partial charge in [0.25, 0.3) is 5.91 Å². The van der Waals surface area contributed by atoms with Gasteiger partial charge < -0.3 is 19.0 Å². The Bertz CT molecular complexity index is 906. The quantitative estimate of drug-likeness (QED) is 0.644. The highest BCUT2D eigenvalue weighted by Gasteiger charge is 2.34. The van der Waals surface area contributed by atoms with Gasteiger partial charge in [0.15, 0.2) is 0 Å². The van der Waals surface area contributed by atoms with Crippen LogP contribution >= 0.6 is 0 Å². The fourth-order valence-electron chi connectivity index (χ4n) is 4.16. The Kier molecular flexibility index (Phi) is 9.48. The zero-order chi connectivity index (χ0) is 24.6. The lowest BCUT2D eigenvalue weighted by Crippen LogP contribution is -2.57. The molecule has 4 rings (SSSR count). The number of aromatic nitrogens is 1. The van der Waals surface area contributed by atoms with Crippen molar-refractivity contribution < 1.29 is 13.9 Å². The van der Waals surface area contributed by atoms with Crippen LogP contribution in [0.5, 0.6) is 0 Å². The number of rotatable bonds is 3. The molecule has 33 heavy (non-hydrogen) atoms. The molecular formula is C26H38N4O3. The first kappa shape index (κ1) is 26.4. The second kappa shape index (κ2) is 11.9. The van der Waals surface area contributed by atoms with E-state index in [0.29, 0.717) is 24.6 Å². The van der Waals surface area contributed by atoms with Crippen molar-refractivity contribution in [3.8, 4) is 6.57 Å². The van der Waals surface area contributed by atoms with Crippen molar-refractivity contribution in [2.45, 2.75) is 72.6 Å². The second-order valence-electron chi connectivity index (χ2n) is 9.51. The van der Waals surface area contributed by atoms with Crippen LogP contribution in [-0.2, 0) is 17.8 Å². The van der Waals surface area contributed by atoms with Crippen LogP contribution in [0.1, 0.15) is 69.4 Å². The molecule has 0 bridgehead atoms. The van der Waals surface area contributed by atoms with Gasteiger partial charge in [0.1, 0.15) is 12.1 Å². The number of nitriles is 1. The van der Waals surface area contributed by atoms with Gasteiger partial charge in [0, 0.05) is 38.8 Å². The van der Waals surface area contributed by atoms with Crippen molar-refractivity contribution in [1.82, 2.24) is 9.88 Å². The number of hydrogen-bond donors (Lipinski definition) is 0. The fourth-order valence-corrected chi connectivity index (χ4v) is 4.16. The molecule has 0 aliphatic carbocycles. The molecule has 0 saturated carbocycles. The summed E-state index contributed by atoms with van der Waals surface area (Å²) in [5.41, 5.74) is 2.98. The Labute approximate surface area is 198 Å². The zero-order valence-electron chi connectivity index (χ0n) is 20.9. The summed E-state index contributed by atoms with van der Waals surface area (Å²) in [4.78, 5) is 21.9. The Balaban J connectivity index is 0.000000714. The number of furan rings is 1. The maximum Gasteiger partial charge on any atom is 0.257 e. The molecule has 4 heterocycles. The molecule has 180 valence electrons. The smallest absolute Gasteiger partial charge is 0.257 e. The van der Waals surface area contributed by atoms with Gasteiger partial charge in [-0.25, -0.2) is 10.2 Å². The van der Waals surface area contributed by atoms with E-state index in [1.54, 1.807) is 12.3 Å². The minimum absolute atomic E-state index is 0.0457. The topological polar surface area (TPSA) is 82.6 Å². The third-order valence-corrected chi connectivity index (χ3v) is 5.84. The molecule has 1 atom stereocenters. The number of pyridine rings is 1. The summed E-state index contributed by atoms with van der Waals surface area (Å²) in [6, 6.07) is 4.08. The van der Waals surface area contributed by atoms with Crippen molar-refractivity contribution in [1.29, 1.82) is 5.26 Å². The lowest BCUT2D eigenvalue weighted by Gasteiger charge is -2.44. The van der Waals surface area contributed by atoms with Gasteiger partial charge in [-0.3, -0.25) is 4.79 Å². The van der Waals surface area contributed by atoms with Crippen LogP contribution < -0.4 is 4.90 Å². The highest BCUT2D eigenvalue weighted by molar-refractivity contribution is 5.94. The molecule has 0 N–H and O–H groups in total. The molecule has 0 unspecified atom stereocenters. The SMILES string of the molecule is C#N.CC(C)[C@@H]1CN(c2cc3c(cn2)COC(C)(C)C3)CCN1C(=O)c1ccoc1.CCC. The van der Waals surface area contributed by atoms with Crippen molar-refractivity contribution in [3.63, 3.8) is 0 Å². The van der Waals surface area contributed by atoms with Crippen LogP contribution in [0.25, 0.3) is 0 Å². The van der Waals surface area contributed by atoms with Crippen LogP contribution in [0.2, 0.25) is 0 Å². The Morgan fingerprint density at radius 3 is 2.58 bits per heavy atom. The summed E-state index contributed by atoms with van der Waals surface area (Å²) in [7, 11) is 0. The van der Waals surface area contributed by atoms with E-state index in [-0.39, 0.29) is 17.6 Å². The highest BCUT2D eigenvalue weighted by atomic mass is 16.5. The zero-order valence-corrected chi connectivity index (χ0v) is 20.9. The van der Waals surface area contributed by atoms with Gasteiger partial charge in [0.2, 0.25) is 0 Å². The van der Waals surface area contributed by atoms with Crippen molar-refractivity contribution >= 4 is 11.7 Å². The van der Waals surface area contributed by atoms with Crippen molar-refractivity contribution in [3.05, 3.63) is 47.5 Å². The Hall–Kier alpha value is -2.85. The highest BCUT2D eigenvalue weighted by Crippen LogP contribution is 2.30. The summed E-state index contributed by atoms with van der Waals surface area (Å²) >= 11 is 0. The van der Waals surface area contributed by atoms with E-state index < -0.39 is 0 Å². The van der Waals surface area contributed by atoms with Gasteiger partial charge in [-0.2, -0.15) is 0 Å². The molecule has 2 aliphatic rings. The second-order valence-corrected chi connectivity index (χ2v) is 9.51. The summed E-state index contributed by atoms with van der Waals surface area (Å²) in [5.74, 6) is 1.39. The monoisotopic (exact) mass is 454 g/mol. The molecule has 1 saturated heterocycles. The van der Waals surface area contributed by atoms with Crippen LogP contribution in [0.3, 0.4) is 0 Å². The number of fused-ring (bicyclic) bond motifs is 1. The first-order chi connectivity index (χ1) is 15.8. The lowest BCUT2D eigenvalue weighted by atomic mass is 9.92. The summed E-state index contributed by atoms with van der Waals surface area (Å²) in [5, 5.41) is 6.50. The third kappa shape index (κ3) is 6.58. The number of hydrogen-bond acceptors (Lipinski definition) is 6. The first-order valence-corrected chi connectivity index (χ1v) is 11.7. The Morgan fingerprint density at radius 2 is 1.97 bits per heavy atom. The molecule has 2 aromatic rings. The largest absolute Gasteiger partial charge is 0.472 e. The average Bonchev–Trinajstić information content (AvgIpc) is 3.34. The number of anilines is 1. The van der Waals surface area contributed by atoms with Gasteiger partial charge in [0.05, 0.1) is 30.1 Å². The van der Waals surface area contributed by atoms with Gasteiger partial charge >= 0.3 is 0 Å². The summed E-state index contributed by atoms with van der Waals surface area (Å²) in [6.07, 6.45) is 7.18. The number of piperazine rings is 1. The predicted octanol–water partition coefficient (Wildman–Crippen LogP) is 5.07. The number of amides is 1. The normalized spacial score (nSPS) is 19.0. The van der Waals surface area contributed by atoms with E-state index >= 15 is 0 Å². The number of carbonyl (C=O) groups excluding carboxylic acids is 1. The summed E-state index contributed by atoms with van der Waals surface area (Å²) in [6.45, 7) is 19.2. The molecular weight excluding hydrogens is 416 g/mol. The Morgan fingerprint density at radius 1 is 1.27 bits per heavy atom. The van der Waals surface area contributed by atoms with E-state index in [1.165, 1.54) is 23.8 Å². The van der Waals surface area contributed by atoms with E-state index in [1.807, 2.05) is 11.1 Å². The third-order valence-electron chi connectivity index (χ3n) is 5.84. The number of carbonyl (C=O) groups is 1. The van der Waals surface area contributed by atoms with E-state index in [2.05, 4.69) is 59.1 Å². The standard InChI is InChI=1S/C22H29N3O3.C3H8.CHN/c1-15(2)19-12-24(6-7-25(19)21(26)16-5-8-27-13-16)20-9-17-10-22(3,4)28-14-18(17)11-23-20;1-3-2;1-2/h5,8-9,11,13,15,19H,6-7,10,12,14H2,1-4H3;3H2,1-2H3;1H/t19-;;/m0../s1. The fraction of sp³-hybridized carbons (Fsp3) is 0.577. The van der Waals surface area contributed by atoms with E-state index in [4.69, 9.17) is 19.4 Å². The molecule has 2 aliphatic heterocycles. The number of nitrogens with zero attached hydrogens (tertiary/aromatic N) is 4. The molecule has 1 fully saturated rings. The van der Waals surface area contributed by atoms with Crippen LogP contribution in [0, 0.1) is 17.8 Å². The minimum Gasteiger partial charge on any atom is -0.472 e. The van der Waals surface area contributed by atoms with E-state index in [0.717, 1.165) is 25.3 Å². The van der Waals surface area contributed by atoms with Crippen LogP contribution in [0.4, 0.5) is 5.82 Å².